The predicted octanol–water partition coefficient (Wildman–Crippen LogP) is 2.18. The van der Waals surface area contributed by atoms with Crippen LogP contribution in [0, 0.1) is 0 Å². The van der Waals surface area contributed by atoms with Crippen molar-refractivity contribution in [2.45, 2.75) is 46.1 Å². The summed E-state index contributed by atoms with van der Waals surface area (Å²) in [5, 5.41) is 9.54. The molecule has 1 rings (SSSR count). The van der Waals surface area contributed by atoms with Crippen molar-refractivity contribution in [1.29, 1.82) is 0 Å². The molecule has 96 valence electrons. The summed E-state index contributed by atoms with van der Waals surface area (Å²) in [5.41, 5.74) is 0. The second-order valence-electron chi connectivity index (χ2n) is 4.17. The minimum absolute atomic E-state index is 0.126. The average molecular weight is 257 g/mol. The first-order valence-electron chi connectivity index (χ1n) is 5.85. The number of aliphatic carboxylic acids is 1. The van der Waals surface area contributed by atoms with Gasteiger partial charge in [-0.2, -0.15) is 4.37 Å². The molecule has 0 aliphatic heterocycles. The normalized spacial score (nSPS) is 10.8. The summed E-state index contributed by atoms with van der Waals surface area (Å²) >= 11 is 1.35. The highest BCUT2D eigenvalue weighted by Gasteiger charge is 2.16. The van der Waals surface area contributed by atoms with E-state index in [9.17, 15) is 4.79 Å². The van der Waals surface area contributed by atoms with Gasteiger partial charge in [0, 0.05) is 30.5 Å². The standard InChI is InChI=1S/C11H19N3O2S/c1-4-5-9-12-11(17-13-9)14(8(2)3)7-6-10(15)16/h8H,4-7H2,1-3H3,(H,15,16). The minimum Gasteiger partial charge on any atom is -0.481 e. The summed E-state index contributed by atoms with van der Waals surface area (Å²) in [6.45, 7) is 6.63. The van der Waals surface area contributed by atoms with Gasteiger partial charge in [0.1, 0.15) is 5.82 Å². The van der Waals surface area contributed by atoms with Gasteiger partial charge in [0.05, 0.1) is 6.42 Å². The smallest absolute Gasteiger partial charge is 0.305 e. The lowest BCUT2D eigenvalue weighted by Crippen LogP contribution is -2.32. The van der Waals surface area contributed by atoms with Gasteiger partial charge in [0.25, 0.3) is 0 Å². The van der Waals surface area contributed by atoms with E-state index in [1.54, 1.807) is 0 Å². The summed E-state index contributed by atoms with van der Waals surface area (Å²) in [5.74, 6) is 0.0717. The summed E-state index contributed by atoms with van der Waals surface area (Å²) in [6, 6.07) is 0.233. The van der Waals surface area contributed by atoms with E-state index in [0.717, 1.165) is 23.8 Å². The third-order valence-electron chi connectivity index (χ3n) is 2.37. The molecule has 0 aliphatic rings. The number of aryl methyl sites for hydroxylation is 1. The topological polar surface area (TPSA) is 66.3 Å². The highest BCUT2D eigenvalue weighted by molar-refractivity contribution is 7.09. The van der Waals surface area contributed by atoms with Crippen LogP contribution in [0.25, 0.3) is 0 Å². The number of hydrogen-bond acceptors (Lipinski definition) is 5. The van der Waals surface area contributed by atoms with Gasteiger partial charge >= 0.3 is 5.97 Å². The fourth-order valence-electron chi connectivity index (χ4n) is 1.48. The lowest BCUT2D eigenvalue weighted by atomic mass is 10.3. The van der Waals surface area contributed by atoms with Gasteiger partial charge in [-0.25, -0.2) is 4.98 Å². The third kappa shape index (κ3) is 4.30. The van der Waals surface area contributed by atoms with Crippen molar-refractivity contribution >= 4 is 22.6 Å². The van der Waals surface area contributed by atoms with Gasteiger partial charge < -0.3 is 10.0 Å². The predicted molar refractivity (Wildman–Crippen MR) is 68.6 cm³/mol. The van der Waals surface area contributed by atoms with Crippen LogP contribution in [0.3, 0.4) is 0 Å². The van der Waals surface area contributed by atoms with Gasteiger partial charge in [-0.15, -0.1) is 0 Å². The number of carboxylic acids is 1. The Morgan fingerprint density at radius 2 is 2.24 bits per heavy atom. The van der Waals surface area contributed by atoms with E-state index in [0.29, 0.717) is 6.54 Å². The molecule has 0 radical (unpaired) electrons. The van der Waals surface area contributed by atoms with E-state index in [4.69, 9.17) is 5.11 Å². The van der Waals surface area contributed by atoms with E-state index in [-0.39, 0.29) is 12.5 Å². The molecule has 0 saturated carbocycles. The molecule has 1 aromatic heterocycles. The van der Waals surface area contributed by atoms with Gasteiger partial charge in [-0.05, 0) is 20.3 Å². The molecular weight excluding hydrogens is 238 g/mol. The Labute approximate surface area is 106 Å². The molecule has 5 nitrogen and oxygen atoms in total. The molecule has 0 aliphatic carbocycles. The second-order valence-corrected chi connectivity index (χ2v) is 4.90. The van der Waals surface area contributed by atoms with Crippen LogP contribution in [-0.2, 0) is 11.2 Å². The van der Waals surface area contributed by atoms with Crippen molar-refractivity contribution in [3.8, 4) is 0 Å². The zero-order valence-corrected chi connectivity index (χ0v) is 11.3. The molecule has 0 spiro atoms. The average Bonchev–Trinajstić information content (AvgIpc) is 2.66. The molecule has 1 aromatic rings. The quantitative estimate of drug-likeness (QED) is 0.811. The van der Waals surface area contributed by atoms with Crippen molar-refractivity contribution in [3.63, 3.8) is 0 Å². The molecule has 1 heterocycles. The molecule has 0 saturated heterocycles. The van der Waals surface area contributed by atoms with E-state index < -0.39 is 5.97 Å². The molecule has 0 unspecified atom stereocenters. The maximum absolute atomic E-state index is 10.6. The van der Waals surface area contributed by atoms with Crippen molar-refractivity contribution in [1.82, 2.24) is 9.36 Å². The number of carboxylic acid groups (broad SMARTS) is 1. The van der Waals surface area contributed by atoms with Gasteiger partial charge in [0.15, 0.2) is 0 Å². The number of nitrogens with zero attached hydrogens (tertiary/aromatic N) is 3. The van der Waals surface area contributed by atoms with E-state index in [2.05, 4.69) is 16.3 Å². The summed E-state index contributed by atoms with van der Waals surface area (Å²) in [6.07, 6.45) is 2.02. The van der Waals surface area contributed by atoms with E-state index >= 15 is 0 Å². The Kier molecular flexibility index (Phi) is 5.34. The molecule has 1 N–H and O–H groups in total. The monoisotopic (exact) mass is 257 g/mol. The minimum atomic E-state index is -0.783. The van der Waals surface area contributed by atoms with Crippen LogP contribution >= 0.6 is 11.5 Å². The first kappa shape index (κ1) is 13.9. The summed E-state index contributed by atoms with van der Waals surface area (Å²) in [7, 11) is 0. The molecule has 0 bridgehead atoms. The fraction of sp³-hybridized carbons (Fsp3) is 0.727. The number of hydrogen-bond donors (Lipinski definition) is 1. The van der Waals surface area contributed by atoms with Crippen molar-refractivity contribution in [3.05, 3.63) is 5.82 Å². The highest BCUT2D eigenvalue weighted by Crippen LogP contribution is 2.20. The maximum atomic E-state index is 10.6. The maximum Gasteiger partial charge on any atom is 0.305 e. The van der Waals surface area contributed by atoms with E-state index in [1.807, 2.05) is 18.7 Å². The third-order valence-corrected chi connectivity index (χ3v) is 3.16. The Morgan fingerprint density at radius 1 is 1.53 bits per heavy atom. The Hall–Kier alpha value is -1.17. The molecule has 0 fully saturated rings. The fourth-order valence-corrected chi connectivity index (χ4v) is 2.35. The van der Waals surface area contributed by atoms with Gasteiger partial charge in [-0.1, -0.05) is 6.92 Å². The Bertz CT molecular complexity index is 365. The molecule has 0 aromatic carbocycles. The Balaban J connectivity index is 2.71. The summed E-state index contributed by atoms with van der Waals surface area (Å²) in [4.78, 5) is 17.0. The lowest BCUT2D eigenvalue weighted by molar-refractivity contribution is -0.136. The summed E-state index contributed by atoms with van der Waals surface area (Å²) < 4.78 is 4.28. The second kappa shape index (κ2) is 6.54. The first-order chi connectivity index (χ1) is 8.04. The molecule has 17 heavy (non-hydrogen) atoms. The van der Waals surface area contributed by atoms with Gasteiger partial charge in [0.2, 0.25) is 5.13 Å². The van der Waals surface area contributed by atoms with Crippen molar-refractivity contribution < 1.29 is 9.90 Å². The number of carbonyl (C=O) groups is 1. The van der Waals surface area contributed by atoms with Crippen LogP contribution in [0.1, 0.15) is 39.4 Å². The lowest BCUT2D eigenvalue weighted by Gasteiger charge is -2.24. The number of anilines is 1. The molecule has 6 heteroatoms. The molecule has 0 atom stereocenters. The number of rotatable bonds is 7. The Morgan fingerprint density at radius 3 is 2.76 bits per heavy atom. The highest BCUT2D eigenvalue weighted by atomic mass is 32.1. The zero-order valence-electron chi connectivity index (χ0n) is 10.5. The zero-order chi connectivity index (χ0) is 12.8. The van der Waals surface area contributed by atoms with Crippen molar-refractivity contribution in [2.24, 2.45) is 0 Å². The van der Waals surface area contributed by atoms with Gasteiger partial charge in [-0.3, -0.25) is 4.79 Å². The largest absolute Gasteiger partial charge is 0.481 e. The van der Waals surface area contributed by atoms with Crippen LogP contribution in [0.5, 0.6) is 0 Å². The van der Waals surface area contributed by atoms with Crippen LogP contribution in [0.4, 0.5) is 5.13 Å². The molecular formula is C11H19N3O2S. The van der Waals surface area contributed by atoms with Crippen LogP contribution in [0.2, 0.25) is 0 Å². The number of aromatic nitrogens is 2. The van der Waals surface area contributed by atoms with E-state index in [1.165, 1.54) is 11.5 Å². The van der Waals surface area contributed by atoms with Crippen molar-refractivity contribution in [2.75, 3.05) is 11.4 Å². The molecule has 0 amide bonds. The first-order valence-corrected chi connectivity index (χ1v) is 6.63. The SMILES string of the molecule is CCCc1nsc(N(CCC(=O)O)C(C)C)n1. The van der Waals surface area contributed by atoms with Crippen LogP contribution in [-0.4, -0.2) is 33.0 Å². The van der Waals surface area contributed by atoms with Crippen LogP contribution < -0.4 is 4.90 Å². The van der Waals surface area contributed by atoms with Crippen LogP contribution in [0.15, 0.2) is 0 Å².